The van der Waals surface area contributed by atoms with Gasteiger partial charge in [-0.15, -0.1) is 0 Å². The van der Waals surface area contributed by atoms with Crippen LogP contribution in [-0.4, -0.2) is 10.9 Å². The standard InChI is InChI=1S/C21H22N4/c22-21(25-19-11-5-8-15-6-1-3-9-17(15)19)24-14-20-18-10-4-2-7-16(18)12-13-23-20/h2,4-5,7-8,10-13H,1,3,6,9,14H2,(H3,22,24,25). The first kappa shape index (κ1) is 15.6. The van der Waals surface area contributed by atoms with E-state index >= 15 is 0 Å². The lowest BCUT2D eigenvalue weighted by Gasteiger charge is -2.19. The Morgan fingerprint density at radius 1 is 1.04 bits per heavy atom. The van der Waals surface area contributed by atoms with Gasteiger partial charge in [0, 0.05) is 17.3 Å². The van der Waals surface area contributed by atoms with Gasteiger partial charge in [-0.1, -0.05) is 36.4 Å². The molecule has 4 rings (SSSR count). The number of nitrogens with one attached hydrogen (secondary N) is 1. The van der Waals surface area contributed by atoms with Crippen molar-refractivity contribution in [1.29, 1.82) is 0 Å². The smallest absolute Gasteiger partial charge is 0.193 e. The second-order valence-electron chi connectivity index (χ2n) is 6.46. The number of aromatic nitrogens is 1. The van der Waals surface area contributed by atoms with Crippen molar-refractivity contribution in [2.45, 2.75) is 32.2 Å². The van der Waals surface area contributed by atoms with Gasteiger partial charge in [0.25, 0.3) is 0 Å². The van der Waals surface area contributed by atoms with Crippen molar-refractivity contribution in [1.82, 2.24) is 4.98 Å². The Morgan fingerprint density at radius 2 is 1.92 bits per heavy atom. The summed E-state index contributed by atoms with van der Waals surface area (Å²) in [6.07, 6.45) is 6.60. The quantitative estimate of drug-likeness (QED) is 0.563. The van der Waals surface area contributed by atoms with Gasteiger partial charge in [0.2, 0.25) is 0 Å². The molecule has 0 unspecified atom stereocenters. The van der Waals surface area contributed by atoms with Gasteiger partial charge in [-0.3, -0.25) is 4.98 Å². The third kappa shape index (κ3) is 3.33. The van der Waals surface area contributed by atoms with Gasteiger partial charge >= 0.3 is 0 Å². The van der Waals surface area contributed by atoms with E-state index in [1.807, 2.05) is 24.4 Å². The van der Waals surface area contributed by atoms with E-state index in [1.165, 1.54) is 29.4 Å². The number of pyridine rings is 1. The molecule has 0 amide bonds. The Kier molecular flexibility index (Phi) is 4.34. The normalized spacial score (nSPS) is 14.3. The lowest BCUT2D eigenvalue weighted by molar-refractivity contribution is 0.687. The molecule has 0 aliphatic heterocycles. The lowest BCUT2D eigenvalue weighted by atomic mass is 9.90. The number of hydrogen-bond acceptors (Lipinski definition) is 2. The Balaban J connectivity index is 1.54. The van der Waals surface area contributed by atoms with Gasteiger partial charge in [0.1, 0.15) is 0 Å². The highest BCUT2D eigenvalue weighted by Crippen LogP contribution is 2.27. The van der Waals surface area contributed by atoms with E-state index in [1.54, 1.807) is 0 Å². The summed E-state index contributed by atoms with van der Waals surface area (Å²) in [5.74, 6) is 0.439. The third-order valence-corrected chi connectivity index (χ3v) is 4.81. The van der Waals surface area contributed by atoms with Gasteiger partial charge in [-0.2, -0.15) is 0 Å². The number of aryl methyl sites for hydroxylation is 1. The molecule has 25 heavy (non-hydrogen) atoms. The third-order valence-electron chi connectivity index (χ3n) is 4.81. The van der Waals surface area contributed by atoms with Crippen LogP contribution in [0.1, 0.15) is 29.7 Å². The highest BCUT2D eigenvalue weighted by molar-refractivity contribution is 5.93. The summed E-state index contributed by atoms with van der Waals surface area (Å²) in [5, 5.41) is 5.58. The maximum absolute atomic E-state index is 6.14. The summed E-state index contributed by atoms with van der Waals surface area (Å²) in [5.41, 5.74) is 11.0. The molecule has 2 aromatic carbocycles. The minimum atomic E-state index is 0.439. The van der Waals surface area contributed by atoms with Crippen LogP contribution in [0.15, 0.2) is 59.7 Å². The van der Waals surface area contributed by atoms with Gasteiger partial charge in [0.15, 0.2) is 5.96 Å². The number of aliphatic imine (C=N–C) groups is 1. The highest BCUT2D eigenvalue weighted by atomic mass is 15.1. The number of guanidine groups is 1. The molecule has 1 aliphatic rings. The number of fused-ring (bicyclic) bond motifs is 2. The van der Waals surface area contributed by atoms with Crippen molar-refractivity contribution in [3.63, 3.8) is 0 Å². The van der Waals surface area contributed by atoms with Crippen molar-refractivity contribution in [2.24, 2.45) is 10.7 Å². The van der Waals surface area contributed by atoms with Crippen LogP contribution in [0.3, 0.4) is 0 Å². The molecule has 1 heterocycles. The molecule has 0 bridgehead atoms. The van der Waals surface area contributed by atoms with Crippen molar-refractivity contribution >= 4 is 22.4 Å². The van der Waals surface area contributed by atoms with Crippen LogP contribution >= 0.6 is 0 Å². The first-order chi connectivity index (χ1) is 12.3. The van der Waals surface area contributed by atoms with Crippen LogP contribution in [0.5, 0.6) is 0 Å². The number of anilines is 1. The molecule has 1 aliphatic carbocycles. The SMILES string of the molecule is NC(=NCc1nccc2ccccc12)Nc1cccc2c1CCCC2. The first-order valence-corrected chi connectivity index (χ1v) is 8.81. The molecule has 1 aromatic heterocycles. The van der Waals surface area contributed by atoms with E-state index in [4.69, 9.17) is 5.73 Å². The van der Waals surface area contributed by atoms with E-state index in [0.717, 1.165) is 29.6 Å². The summed E-state index contributed by atoms with van der Waals surface area (Å²) in [4.78, 5) is 8.98. The highest BCUT2D eigenvalue weighted by Gasteiger charge is 2.13. The van der Waals surface area contributed by atoms with E-state index < -0.39 is 0 Å². The Labute approximate surface area is 147 Å². The summed E-state index contributed by atoms with van der Waals surface area (Å²) in [6, 6.07) is 16.6. The van der Waals surface area contributed by atoms with Crippen LogP contribution in [-0.2, 0) is 19.4 Å². The van der Waals surface area contributed by atoms with E-state index in [-0.39, 0.29) is 0 Å². The molecule has 0 saturated carbocycles. The molecule has 3 aromatic rings. The molecule has 0 spiro atoms. The van der Waals surface area contributed by atoms with Crippen LogP contribution in [0, 0.1) is 0 Å². The average Bonchev–Trinajstić information content (AvgIpc) is 2.66. The Morgan fingerprint density at radius 3 is 2.88 bits per heavy atom. The van der Waals surface area contributed by atoms with Gasteiger partial charge < -0.3 is 11.1 Å². The molecule has 0 atom stereocenters. The van der Waals surface area contributed by atoms with Crippen molar-refractivity contribution < 1.29 is 0 Å². The monoisotopic (exact) mass is 330 g/mol. The molecule has 0 saturated heterocycles. The van der Waals surface area contributed by atoms with Crippen LogP contribution < -0.4 is 11.1 Å². The Bertz CT molecular complexity index is 925. The van der Waals surface area contributed by atoms with Crippen molar-refractivity contribution in [3.8, 4) is 0 Å². The maximum Gasteiger partial charge on any atom is 0.193 e. The number of nitrogens with two attached hydrogens (primary N) is 1. The number of nitrogens with zero attached hydrogens (tertiary/aromatic N) is 2. The number of hydrogen-bond donors (Lipinski definition) is 2. The maximum atomic E-state index is 6.14. The molecular weight excluding hydrogens is 308 g/mol. The van der Waals surface area contributed by atoms with Gasteiger partial charge in [0.05, 0.1) is 12.2 Å². The minimum Gasteiger partial charge on any atom is -0.370 e. The fourth-order valence-electron chi connectivity index (χ4n) is 3.54. The van der Waals surface area contributed by atoms with Crippen LogP contribution in [0.25, 0.3) is 10.8 Å². The fraction of sp³-hybridized carbons (Fsp3) is 0.238. The lowest BCUT2D eigenvalue weighted by Crippen LogP contribution is -2.24. The zero-order valence-corrected chi connectivity index (χ0v) is 14.2. The summed E-state index contributed by atoms with van der Waals surface area (Å²) >= 11 is 0. The molecule has 4 nitrogen and oxygen atoms in total. The van der Waals surface area contributed by atoms with Crippen molar-refractivity contribution in [3.05, 3.63) is 71.5 Å². The largest absolute Gasteiger partial charge is 0.370 e. The molecular formula is C21H22N4. The van der Waals surface area contributed by atoms with E-state index in [2.05, 4.69) is 45.6 Å². The fourth-order valence-corrected chi connectivity index (χ4v) is 3.54. The van der Waals surface area contributed by atoms with Gasteiger partial charge in [-0.25, -0.2) is 4.99 Å². The van der Waals surface area contributed by atoms with E-state index in [0.29, 0.717) is 12.5 Å². The topological polar surface area (TPSA) is 63.3 Å². The summed E-state index contributed by atoms with van der Waals surface area (Å²) < 4.78 is 0. The van der Waals surface area contributed by atoms with Crippen molar-refractivity contribution in [2.75, 3.05) is 5.32 Å². The number of benzene rings is 2. The Hall–Kier alpha value is -2.88. The second kappa shape index (κ2) is 6.93. The van der Waals surface area contributed by atoms with E-state index in [9.17, 15) is 0 Å². The summed E-state index contributed by atoms with van der Waals surface area (Å²) in [6.45, 7) is 0.467. The van der Waals surface area contributed by atoms with Crippen LogP contribution in [0.2, 0.25) is 0 Å². The zero-order chi connectivity index (χ0) is 17.1. The van der Waals surface area contributed by atoms with Crippen LogP contribution in [0.4, 0.5) is 5.69 Å². The predicted molar refractivity (Wildman–Crippen MR) is 104 cm³/mol. The first-order valence-electron chi connectivity index (χ1n) is 8.81. The molecule has 0 fully saturated rings. The zero-order valence-electron chi connectivity index (χ0n) is 14.2. The minimum absolute atomic E-state index is 0.439. The molecule has 3 N–H and O–H groups in total. The predicted octanol–water partition coefficient (Wildman–Crippen LogP) is 4.04. The average molecular weight is 330 g/mol. The second-order valence-corrected chi connectivity index (χ2v) is 6.46. The molecule has 0 radical (unpaired) electrons. The number of rotatable bonds is 3. The molecule has 126 valence electrons. The molecule has 4 heteroatoms. The summed E-state index contributed by atoms with van der Waals surface area (Å²) in [7, 11) is 0. The van der Waals surface area contributed by atoms with Gasteiger partial charge in [-0.05, 0) is 54.3 Å².